The van der Waals surface area contributed by atoms with Crippen LogP contribution in [0.2, 0.25) is 5.02 Å². The number of aromatic hydroxyl groups is 1. The standard InChI is InChI=1S/C10H15ClN2O/c1-2-6-3-7(9(13)5-12)10(14)8(11)4-6/h3-4,9,14H,2,5,12-13H2,1H3/t9-/m0/s1. The summed E-state index contributed by atoms with van der Waals surface area (Å²) in [5.41, 5.74) is 12.8. The smallest absolute Gasteiger partial charge is 0.139 e. The van der Waals surface area contributed by atoms with Gasteiger partial charge >= 0.3 is 0 Å². The molecular weight excluding hydrogens is 200 g/mol. The molecule has 4 heteroatoms. The zero-order valence-corrected chi connectivity index (χ0v) is 8.88. The molecule has 14 heavy (non-hydrogen) atoms. The van der Waals surface area contributed by atoms with Gasteiger partial charge in [0.1, 0.15) is 5.75 Å². The van der Waals surface area contributed by atoms with Crippen molar-refractivity contribution < 1.29 is 5.11 Å². The summed E-state index contributed by atoms with van der Waals surface area (Å²) in [6.45, 7) is 2.30. The van der Waals surface area contributed by atoms with E-state index in [-0.39, 0.29) is 18.3 Å². The van der Waals surface area contributed by atoms with Crippen molar-refractivity contribution in [1.82, 2.24) is 0 Å². The molecule has 1 aromatic carbocycles. The van der Waals surface area contributed by atoms with Gasteiger partial charge in [-0.2, -0.15) is 0 Å². The second-order valence-electron chi connectivity index (χ2n) is 3.21. The van der Waals surface area contributed by atoms with E-state index in [0.717, 1.165) is 12.0 Å². The SMILES string of the molecule is CCc1cc(Cl)c(O)c([C@@H](N)CN)c1. The summed E-state index contributed by atoms with van der Waals surface area (Å²) in [5.74, 6) is 0.0433. The minimum atomic E-state index is -0.362. The molecule has 3 nitrogen and oxygen atoms in total. The van der Waals surface area contributed by atoms with Crippen LogP contribution in [-0.2, 0) is 6.42 Å². The molecule has 1 aromatic rings. The van der Waals surface area contributed by atoms with Gasteiger partial charge in [0.15, 0.2) is 0 Å². The molecule has 0 aliphatic carbocycles. The fourth-order valence-corrected chi connectivity index (χ4v) is 1.54. The molecule has 0 bridgehead atoms. The van der Waals surface area contributed by atoms with Crippen LogP contribution in [0.25, 0.3) is 0 Å². The largest absolute Gasteiger partial charge is 0.506 e. The molecule has 0 aliphatic heterocycles. The molecule has 78 valence electrons. The lowest BCUT2D eigenvalue weighted by Crippen LogP contribution is -2.21. The first-order chi connectivity index (χ1) is 6.60. The highest BCUT2D eigenvalue weighted by molar-refractivity contribution is 6.32. The van der Waals surface area contributed by atoms with E-state index in [1.807, 2.05) is 13.0 Å². The van der Waals surface area contributed by atoms with Crippen molar-refractivity contribution in [2.45, 2.75) is 19.4 Å². The molecule has 5 N–H and O–H groups in total. The molecular formula is C10H15ClN2O. The number of nitrogens with two attached hydrogens (primary N) is 2. The van der Waals surface area contributed by atoms with Crippen LogP contribution in [0.15, 0.2) is 12.1 Å². The van der Waals surface area contributed by atoms with Crippen molar-refractivity contribution >= 4 is 11.6 Å². The third-order valence-electron chi connectivity index (χ3n) is 2.21. The summed E-state index contributed by atoms with van der Waals surface area (Å²) < 4.78 is 0. The van der Waals surface area contributed by atoms with Gasteiger partial charge in [-0.1, -0.05) is 24.6 Å². The number of aryl methyl sites for hydroxylation is 1. The van der Waals surface area contributed by atoms with Gasteiger partial charge in [0.2, 0.25) is 0 Å². The van der Waals surface area contributed by atoms with Gasteiger partial charge in [-0.15, -0.1) is 0 Å². The van der Waals surface area contributed by atoms with Gasteiger partial charge in [0.25, 0.3) is 0 Å². The van der Waals surface area contributed by atoms with E-state index < -0.39 is 0 Å². The Kier molecular flexibility index (Phi) is 3.75. The van der Waals surface area contributed by atoms with Crippen LogP contribution >= 0.6 is 11.6 Å². The van der Waals surface area contributed by atoms with Crippen LogP contribution in [0.4, 0.5) is 0 Å². The summed E-state index contributed by atoms with van der Waals surface area (Å²) in [7, 11) is 0. The molecule has 0 aromatic heterocycles. The van der Waals surface area contributed by atoms with Gasteiger partial charge in [-0.05, 0) is 18.1 Å². The zero-order valence-electron chi connectivity index (χ0n) is 8.13. The highest BCUT2D eigenvalue weighted by Crippen LogP contribution is 2.32. The first-order valence-electron chi connectivity index (χ1n) is 4.57. The maximum atomic E-state index is 9.65. The Labute approximate surface area is 88.7 Å². The maximum absolute atomic E-state index is 9.65. The van der Waals surface area contributed by atoms with E-state index in [1.54, 1.807) is 6.07 Å². The number of phenolic OH excluding ortho intramolecular Hbond substituents is 1. The van der Waals surface area contributed by atoms with Crippen molar-refractivity contribution in [3.8, 4) is 5.75 Å². The van der Waals surface area contributed by atoms with E-state index in [2.05, 4.69) is 0 Å². The van der Waals surface area contributed by atoms with E-state index in [9.17, 15) is 5.11 Å². The minimum absolute atomic E-state index is 0.0433. The van der Waals surface area contributed by atoms with Crippen LogP contribution in [0.5, 0.6) is 5.75 Å². The van der Waals surface area contributed by atoms with Crippen molar-refractivity contribution in [3.05, 3.63) is 28.3 Å². The summed E-state index contributed by atoms with van der Waals surface area (Å²) in [4.78, 5) is 0. The van der Waals surface area contributed by atoms with E-state index in [0.29, 0.717) is 10.6 Å². The predicted molar refractivity (Wildman–Crippen MR) is 58.5 cm³/mol. The topological polar surface area (TPSA) is 72.3 Å². The van der Waals surface area contributed by atoms with Crippen LogP contribution in [0.1, 0.15) is 24.1 Å². The van der Waals surface area contributed by atoms with Gasteiger partial charge in [-0.25, -0.2) is 0 Å². The van der Waals surface area contributed by atoms with Crippen molar-refractivity contribution in [2.24, 2.45) is 11.5 Å². The third-order valence-corrected chi connectivity index (χ3v) is 2.50. The van der Waals surface area contributed by atoms with Crippen molar-refractivity contribution in [1.29, 1.82) is 0 Å². The van der Waals surface area contributed by atoms with Crippen LogP contribution in [0, 0.1) is 0 Å². The summed E-state index contributed by atoms with van der Waals surface area (Å²) >= 11 is 5.85. The number of phenols is 1. The fourth-order valence-electron chi connectivity index (χ4n) is 1.29. The maximum Gasteiger partial charge on any atom is 0.139 e. The summed E-state index contributed by atoms with van der Waals surface area (Å²) in [6, 6.07) is 3.22. The Morgan fingerprint density at radius 1 is 1.50 bits per heavy atom. The van der Waals surface area contributed by atoms with E-state index in [4.69, 9.17) is 23.1 Å². The summed E-state index contributed by atoms with van der Waals surface area (Å²) in [5, 5.41) is 9.99. The van der Waals surface area contributed by atoms with Crippen molar-refractivity contribution in [3.63, 3.8) is 0 Å². The predicted octanol–water partition coefficient (Wildman–Crippen LogP) is 1.57. The average molecular weight is 215 g/mol. The molecule has 0 amide bonds. The average Bonchev–Trinajstić information content (AvgIpc) is 2.20. The highest BCUT2D eigenvalue weighted by Gasteiger charge is 2.13. The molecule has 0 heterocycles. The van der Waals surface area contributed by atoms with Crippen LogP contribution in [0.3, 0.4) is 0 Å². The number of hydrogen-bond donors (Lipinski definition) is 3. The molecule has 1 rings (SSSR count). The lowest BCUT2D eigenvalue weighted by Gasteiger charge is -2.13. The Hall–Kier alpha value is -0.770. The number of hydrogen-bond acceptors (Lipinski definition) is 3. The molecule has 0 spiro atoms. The number of benzene rings is 1. The first kappa shape index (κ1) is 11.3. The lowest BCUT2D eigenvalue weighted by molar-refractivity contribution is 0.462. The molecule has 1 atom stereocenters. The second-order valence-corrected chi connectivity index (χ2v) is 3.62. The Balaban J connectivity index is 3.20. The molecule has 0 unspecified atom stereocenters. The normalized spacial score (nSPS) is 12.9. The van der Waals surface area contributed by atoms with Gasteiger partial charge in [0, 0.05) is 18.2 Å². The van der Waals surface area contributed by atoms with Crippen LogP contribution < -0.4 is 11.5 Å². The fraction of sp³-hybridized carbons (Fsp3) is 0.400. The molecule has 0 aliphatic rings. The Morgan fingerprint density at radius 2 is 2.14 bits per heavy atom. The molecule has 0 radical (unpaired) electrons. The Morgan fingerprint density at radius 3 is 2.64 bits per heavy atom. The molecule has 0 saturated carbocycles. The van der Waals surface area contributed by atoms with E-state index >= 15 is 0 Å². The number of halogens is 1. The first-order valence-corrected chi connectivity index (χ1v) is 4.94. The third kappa shape index (κ3) is 2.18. The molecule has 0 fully saturated rings. The number of rotatable bonds is 3. The van der Waals surface area contributed by atoms with Gasteiger partial charge < -0.3 is 16.6 Å². The lowest BCUT2D eigenvalue weighted by atomic mass is 10.0. The molecule has 0 saturated heterocycles. The van der Waals surface area contributed by atoms with E-state index in [1.165, 1.54) is 0 Å². The highest BCUT2D eigenvalue weighted by atomic mass is 35.5. The quantitative estimate of drug-likeness (QED) is 0.715. The van der Waals surface area contributed by atoms with Gasteiger partial charge in [-0.3, -0.25) is 0 Å². The van der Waals surface area contributed by atoms with Crippen LogP contribution in [-0.4, -0.2) is 11.7 Å². The zero-order chi connectivity index (χ0) is 10.7. The second kappa shape index (κ2) is 4.64. The Bertz CT molecular complexity index is 328. The summed E-state index contributed by atoms with van der Waals surface area (Å²) in [6.07, 6.45) is 0.851. The monoisotopic (exact) mass is 214 g/mol. The van der Waals surface area contributed by atoms with Gasteiger partial charge in [0.05, 0.1) is 5.02 Å². The minimum Gasteiger partial charge on any atom is -0.506 e. The van der Waals surface area contributed by atoms with Crippen molar-refractivity contribution in [2.75, 3.05) is 6.54 Å².